The maximum absolute atomic E-state index is 11.8. The summed E-state index contributed by atoms with van der Waals surface area (Å²) in [6.45, 7) is 0.0816. The first-order valence-electron chi connectivity index (χ1n) is 6.24. The molecule has 6 nitrogen and oxygen atoms in total. The minimum atomic E-state index is -0.333. The minimum Gasteiger partial charge on any atom is -0.325 e. The summed E-state index contributed by atoms with van der Waals surface area (Å²) in [6.07, 6.45) is 0.465. The van der Waals surface area contributed by atoms with E-state index in [0.29, 0.717) is 11.3 Å². The van der Waals surface area contributed by atoms with E-state index < -0.39 is 0 Å². The van der Waals surface area contributed by atoms with Crippen LogP contribution in [-0.2, 0) is 14.4 Å². The average molecular weight is 271 g/mol. The van der Waals surface area contributed by atoms with Crippen molar-refractivity contribution in [2.75, 3.05) is 11.9 Å². The van der Waals surface area contributed by atoms with Crippen LogP contribution in [0.15, 0.2) is 24.3 Å². The van der Waals surface area contributed by atoms with Gasteiger partial charge in [-0.2, -0.15) is 5.26 Å². The fourth-order valence-corrected chi connectivity index (χ4v) is 1.99. The number of hydrogen-bond acceptors (Lipinski definition) is 4. The highest BCUT2D eigenvalue weighted by molar-refractivity contribution is 6.02. The summed E-state index contributed by atoms with van der Waals surface area (Å²) in [4.78, 5) is 35.7. The quantitative estimate of drug-likeness (QED) is 0.828. The number of anilines is 1. The van der Waals surface area contributed by atoms with Crippen LogP contribution in [0.2, 0.25) is 0 Å². The number of benzene rings is 1. The Kier molecular flexibility index (Phi) is 4.11. The number of nitrogens with one attached hydrogen (secondary N) is 1. The van der Waals surface area contributed by atoms with Crippen LogP contribution in [0.5, 0.6) is 0 Å². The van der Waals surface area contributed by atoms with Gasteiger partial charge in [0.25, 0.3) is 0 Å². The van der Waals surface area contributed by atoms with Crippen molar-refractivity contribution in [1.82, 2.24) is 4.90 Å². The molecule has 20 heavy (non-hydrogen) atoms. The molecule has 2 rings (SSSR count). The molecular weight excluding hydrogens is 258 g/mol. The predicted octanol–water partition coefficient (Wildman–Crippen LogP) is 1.04. The maximum atomic E-state index is 11.8. The second-order valence-electron chi connectivity index (χ2n) is 4.39. The normalized spacial score (nSPS) is 14.2. The monoisotopic (exact) mass is 271 g/mol. The molecule has 0 saturated carbocycles. The number of likely N-dealkylation sites (tertiary alicyclic amines) is 1. The van der Waals surface area contributed by atoms with Crippen molar-refractivity contribution in [2.45, 2.75) is 19.3 Å². The number of para-hydroxylation sites is 1. The summed E-state index contributed by atoms with van der Waals surface area (Å²) in [5, 5.41) is 11.5. The summed E-state index contributed by atoms with van der Waals surface area (Å²) >= 11 is 0. The lowest BCUT2D eigenvalue weighted by atomic mass is 10.2. The largest absolute Gasteiger partial charge is 0.325 e. The standard InChI is InChI=1S/C14H13N3O3/c15-9-10-3-1-2-4-11(10)16-12(18)7-8-17-13(19)5-6-14(17)20/h1-4H,5-8H2,(H,16,18). The smallest absolute Gasteiger partial charge is 0.229 e. The van der Waals surface area contributed by atoms with E-state index in [1.165, 1.54) is 0 Å². The third kappa shape index (κ3) is 3.01. The Balaban J connectivity index is 1.92. The summed E-state index contributed by atoms with van der Waals surface area (Å²) in [5.41, 5.74) is 0.799. The third-order valence-electron chi connectivity index (χ3n) is 3.04. The fraction of sp³-hybridized carbons (Fsp3) is 0.286. The zero-order valence-electron chi connectivity index (χ0n) is 10.8. The zero-order valence-corrected chi connectivity index (χ0v) is 10.8. The summed E-state index contributed by atoms with van der Waals surface area (Å²) in [6, 6.07) is 8.62. The topological polar surface area (TPSA) is 90.3 Å². The Hall–Kier alpha value is -2.68. The van der Waals surface area contributed by atoms with E-state index in [2.05, 4.69) is 5.32 Å². The van der Waals surface area contributed by atoms with Crippen LogP contribution in [0.1, 0.15) is 24.8 Å². The van der Waals surface area contributed by atoms with Gasteiger partial charge < -0.3 is 5.32 Å². The number of nitriles is 1. The Morgan fingerprint density at radius 1 is 1.25 bits per heavy atom. The fourth-order valence-electron chi connectivity index (χ4n) is 1.99. The van der Waals surface area contributed by atoms with E-state index in [-0.39, 0.29) is 43.5 Å². The van der Waals surface area contributed by atoms with Crippen molar-refractivity contribution in [3.63, 3.8) is 0 Å². The molecule has 1 aromatic rings. The first-order chi connectivity index (χ1) is 9.61. The van der Waals surface area contributed by atoms with Gasteiger partial charge in [0.05, 0.1) is 11.3 Å². The lowest BCUT2D eigenvalue weighted by Crippen LogP contribution is -2.32. The first-order valence-corrected chi connectivity index (χ1v) is 6.24. The van der Waals surface area contributed by atoms with E-state index in [0.717, 1.165) is 4.90 Å². The minimum absolute atomic E-state index is 0.0250. The van der Waals surface area contributed by atoms with Crippen LogP contribution < -0.4 is 5.32 Å². The van der Waals surface area contributed by atoms with E-state index in [1.54, 1.807) is 24.3 Å². The second-order valence-corrected chi connectivity index (χ2v) is 4.39. The van der Waals surface area contributed by atoms with Crippen molar-refractivity contribution < 1.29 is 14.4 Å². The van der Waals surface area contributed by atoms with Crippen molar-refractivity contribution in [2.24, 2.45) is 0 Å². The van der Waals surface area contributed by atoms with Crippen molar-refractivity contribution in [3.8, 4) is 6.07 Å². The molecular formula is C14H13N3O3. The average Bonchev–Trinajstić information content (AvgIpc) is 2.76. The van der Waals surface area contributed by atoms with Gasteiger partial charge in [-0.15, -0.1) is 0 Å². The molecule has 3 amide bonds. The van der Waals surface area contributed by atoms with Crippen molar-refractivity contribution in [3.05, 3.63) is 29.8 Å². The summed E-state index contributed by atoms with van der Waals surface area (Å²) in [7, 11) is 0. The number of nitrogens with zero attached hydrogens (tertiary/aromatic N) is 2. The molecule has 1 aliphatic heterocycles. The SMILES string of the molecule is N#Cc1ccccc1NC(=O)CCN1C(=O)CCC1=O. The molecule has 1 aliphatic rings. The van der Waals surface area contributed by atoms with E-state index in [4.69, 9.17) is 5.26 Å². The van der Waals surface area contributed by atoms with Gasteiger partial charge >= 0.3 is 0 Å². The summed E-state index contributed by atoms with van der Waals surface area (Å²) in [5.74, 6) is -0.805. The van der Waals surface area contributed by atoms with Gasteiger partial charge in [0.1, 0.15) is 6.07 Å². The highest BCUT2D eigenvalue weighted by Gasteiger charge is 2.28. The molecule has 102 valence electrons. The van der Waals surface area contributed by atoms with Gasteiger partial charge in [0.2, 0.25) is 17.7 Å². The van der Waals surface area contributed by atoms with Crippen molar-refractivity contribution in [1.29, 1.82) is 5.26 Å². The van der Waals surface area contributed by atoms with Gasteiger partial charge in [0, 0.05) is 25.8 Å². The Morgan fingerprint density at radius 3 is 2.55 bits per heavy atom. The first kappa shape index (κ1) is 13.7. The maximum Gasteiger partial charge on any atom is 0.229 e. The number of carbonyl (C=O) groups excluding carboxylic acids is 3. The Labute approximate surface area is 116 Å². The van der Waals surface area contributed by atoms with Gasteiger partial charge in [-0.3, -0.25) is 19.3 Å². The van der Waals surface area contributed by atoms with Crippen LogP contribution in [0.4, 0.5) is 5.69 Å². The molecule has 6 heteroatoms. The molecule has 0 aromatic heterocycles. The summed E-state index contributed by atoms with van der Waals surface area (Å²) < 4.78 is 0. The predicted molar refractivity (Wildman–Crippen MR) is 70.4 cm³/mol. The van der Waals surface area contributed by atoms with E-state index in [1.807, 2.05) is 6.07 Å². The van der Waals surface area contributed by atoms with Gasteiger partial charge in [-0.1, -0.05) is 12.1 Å². The van der Waals surface area contributed by atoms with Crippen LogP contribution in [0.25, 0.3) is 0 Å². The molecule has 0 bridgehead atoms. The van der Waals surface area contributed by atoms with E-state index in [9.17, 15) is 14.4 Å². The number of hydrogen-bond donors (Lipinski definition) is 1. The molecule has 0 unspecified atom stereocenters. The molecule has 0 spiro atoms. The van der Waals surface area contributed by atoms with Crippen LogP contribution >= 0.6 is 0 Å². The van der Waals surface area contributed by atoms with Crippen LogP contribution in [0, 0.1) is 11.3 Å². The Morgan fingerprint density at radius 2 is 1.90 bits per heavy atom. The van der Waals surface area contributed by atoms with Crippen LogP contribution in [-0.4, -0.2) is 29.2 Å². The number of rotatable bonds is 4. The lowest BCUT2D eigenvalue weighted by molar-refractivity contribution is -0.138. The van der Waals surface area contributed by atoms with Crippen LogP contribution in [0.3, 0.4) is 0 Å². The molecule has 0 radical (unpaired) electrons. The van der Waals surface area contributed by atoms with Gasteiger partial charge in [0.15, 0.2) is 0 Å². The lowest BCUT2D eigenvalue weighted by Gasteiger charge is -2.13. The number of imide groups is 1. The molecule has 0 atom stereocenters. The van der Waals surface area contributed by atoms with Crippen molar-refractivity contribution >= 4 is 23.4 Å². The molecule has 1 aromatic carbocycles. The molecule has 1 N–H and O–H groups in total. The molecule has 1 heterocycles. The molecule has 0 aliphatic carbocycles. The van der Waals surface area contributed by atoms with E-state index >= 15 is 0 Å². The molecule has 1 saturated heterocycles. The zero-order chi connectivity index (χ0) is 14.5. The third-order valence-corrected chi connectivity index (χ3v) is 3.04. The Bertz CT molecular complexity index is 588. The number of carbonyl (C=O) groups is 3. The van der Waals surface area contributed by atoms with Gasteiger partial charge in [-0.25, -0.2) is 0 Å². The highest BCUT2D eigenvalue weighted by Crippen LogP contribution is 2.15. The second kappa shape index (κ2) is 5.97. The highest BCUT2D eigenvalue weighted by atomic mass is 16.2. The number of amides is 3. The molecule has 1 fully saturated rings. The van der Waals surface area contributed by atoms with Gasteiger partial charge in [-0.05, 0) is 12.1 Å².